The Bertz CT molecular complexity index is 218. The Morgan fingerprint density at radius 3 is 2.56 bits per heavy atom. The minimum absolute atomic E-state index is 0.342. The Hall–Kier alpha value is 0.270. The first-order valence-electron chi connectivity index (χ1n) is 6.33. The van der Waals surface area contributed by atoms with Crippen LogP contribution in [0.2, 0.25) is 0 Å². The molecule has 0 aromatic carbocycles. The second kappa shape index (κ2) is 5.74. The fourth-order valence-corrected chi connectivity index (χ4v) is 3.40. The number of nitrogens with zero attached hydrogens (tertiary/aromatic N) is 1. The molecule has 2 nitrogen and oxygen atoms in total. The van der Waals surface area contributed by atoms with Crippen molar-refractivity contribution in [1.29, 1.82) is 0 Å². The van der Waals surface area contributed by atoms with Crippen LogP contribution in [0, 0.1) is 11.3 Å². The van der Waals surface area contributed by atoms with E-state index in [0.29, 0.717) is 23.4 Å². The van der Waals surface area contributed by atoms with Gasteiger partial charge in [0.25, 0.3) is 0 Å². The molecule has 0 bridgehead atoms. The predicted octanol–water partition coefficient (Wildman–Crippen LogP) is 2.43. The third-order valence-corrected chi connectivity index (χ3v) is 5.07. The molecule has 1 rings (SSSR count). The number of rotatable bonds is 5. The third kappa shape index (κ3) is 3.38. The van der Waals surface area contributed by atoms with Gasteiger partial charge in [0, 0.05) is 24.4 Å². The molecule has 1 saturated carbocycles. The Morgan fingerprint density at radius 1 is 1.50 bits per heavy atom. The van der Waals surface area contributed by atoms with E-state index in [1.54, 1.807) is 0 Å². The van der Waals surface area contributed by atoms with E-state index < -0.39 is 0 Å². The average molecular weight is 244 g/mol. The molecule has 96 valence electrons. The Balaban J connectivity index is 2.43. The van der Waals surface area contributed by atoms with Crippen LogP contribution in [0.4, 0.5) is 0 Å². The van der Waals surface area contributed by atoms with E-state index in [-0.39, 0.29) is 0 Å². The Labute approximate surface area is 105 Å². The van der Waals surface area contributed by atoms with Crippen molar-refractivity contribution >= 4 is 11.8 Å². The smallest absolute Gasteiger partial charge is 0.0155 e. The van der Waals surface area contributed by atoms with E-state index in [0.717, 1.165) is 6.54 Å². The molecular formula is C13H28N2S. The number of hydrogen-bond acceptors (Lipinski definition) is 3. The highest BCUT2D eigenvalue weighted by atomic mass is 32.2. The molecule has 1 aliphatic rings. The van der Waals surface area contributed by atoms with Gasteiger partial charge in [-0.2, -0.15) is 11.8 Å². The maximum absolute atomic E-state index is 6.35. The van der Waals surface area contributed by atoms with Crippen LogP contribution in [0.15, 0.2) is 0 Å². The van der Waals surface area contributed by atoms with Gasteiger partial charge in [0.2, 0.25) is 0 Å². The van der Waals surface area contributed by atoms with Crippen molar-refractivity contribution in [2.75, 3.05) is 25.6 Å². The van der Waals surface area contributed by atoms with Crippen LogP contribution < -0.4 is 5.73 Å². The summed E-state index contributed by atoms with van der Waals surface area (Å²) >= 11 is 1.92. The van der Waals surface area contributed by atoms with Crippen LogP contribution >= 0.6 is 11.8 Å². The summed E-state index contributed by atoms with van der Waals surface area (Å²) in [4.78, 5) is 2.47. The zero-order valence-electron chi connectivity index (χ0n) is 11.5. The van der Waals surface area contributed by atoms with Crippen molar-refractivity contribution in [2.24, 2.45) is 17.1 Å². The molecule has 0 radical (unpaired) electrons. The zero-order valence-corrected chi connectivity index (χ0v) is 12.3. The molecule has 0 spiro atoms. The van der Waals surface area contributed by atoms with Crippen molar-refractivity contribution in [3.05, 3.63) is 0 Å². The monoisotopic (exact) mass is 244 g/mol. The topological polar surface area (TPSA) is 29.3 Å². The minimum atomic E-state index is 0.342. The molecule has 0 saturated heterocycles. The molecule has 3 unspecified atom stereocenters. The summed E-state index contributed by atoms with van der Waals surface area (Å²) in [6, 6.07) is 1.03. The Kier molecular flexibility index (Phi) is 5.14. The maximum atomic E-state index is 6.35. The van der Waals surface area contributed by atoms with E-state index in [2.05, 4.69) is 39.0 Å². The normalized spacial score (nSPS) is 30.9. The van der Waals surface area contributed by atoms with Crippen LogP contribution in [0.1, 0.15) is 33.6 Å². The standard InChI is InChI=1S/C13H28N2S/c1-10(9-16-5)15(4)8-11-6-7-13(2,3)12(11)14/h10-12H,6-9,14H2,1-5H3. The summed E-state index contributed by atoms with van der Waals surface area (Å²) in [7, 11) is 2.24. The Morgan fingerprint density at radius 2 is 2.12 bits per heavy atom. The highest BCUT2D eigenvalue weighted by molar-refractivity contribution is 7.98. The van der Waals surface area contributed by atoms with E-state index in [9.17, 15) is 0 Å². The summed E-state index contributed by atoms with van der Waals surface area (Å²) in [6.07, 6.45) is 4.75. The highest BCUT2D eigenvalue weighted by Gasteiger charge is 2.39. The molecular weight excluding hydrogens is 216 g/mol. The van der Waals surface area contributed by atoms with Crippen molar-refractivity contribution in [3.8, 4) is 0 Å². The first-order chi connectivity index (χ1) is 7.38. The average Bonchev–Trinajstić information content (AvgIpc) is 2.45. The number of hydrogen-bond donors (Lipinski definition) is 1. The lowest BCUT2D eigenvalue weighted by atomic mass is 9.85. The van der Waals surface area contributed by atoms with E-state index in [4.69, 9.17) is 5.73 Å². The first-order valence-corrected chi connectivity index (χ1v) is 7.72. The summed E-state index contributed by atoms with van der Waals surface area (Å²) in [5.74, 6) is 1.89. The fraction of sp³-hybridized carbons (Fsp3) is 1.00. The molecule has 0 aliphatic heterocycles. The van der Waals surface area contributed by atoms with Gasteiger partial charge >= 0.3 is 0 Å². The lowest BCUT2D eigenvalue weighted by Crippen LogP contribution is -2.43. The second-order valence-electron chi connectivity index (χ2n) is 6.06. The lowest BCUT2D eigenvalue weighted by molar-refractivity contribution is 0.206. The predicted molar refractivity (Wildman–Crippen MR) is 75.0 cm³/mol. The van der Waals surface area contributed by atoms with Crippen molar-refractivity contribution < 1.29 is 0 Å². The quantitative estimate of drug-likeness (QED) is 0.805. The van der Waals surface area contributed by atoms with Gasteiger partial charge in [-0.15, -0.1) is 0 Å². The van der Waals surface area contributed by atoms with Gasteiger partial charge in [0.1, 0.15) is 0 Å². The van der Waals surface area contributed by atoms with Crippen LogP contribution in [-0.4, -0.2) is 42.6 Å². The molecule has 0 heterocycles. The number of nitrogens with two attached hydrogens (primary N) is 1. The summed E-state index contributed by atoms with van der Waals surface area (Å²) in [5.41, 5.74) is 6.69. The molecule has 16 heavy (non-hydrogen) atoms. The van der Waals surface area contributed by atoms with Crippen LogP contribution in [0.25, 0.3) is 0 Å². The molecule has 1 fully saturated rings. The van der Waals surface area contributed by atoms with E-state index in [1.165, 1.54) is 18.6 Å². The van der Waals surface area contributed by atoms with E-state index >= 15 is 0 Å². The van der Waals surface area contributed by atoms with E-state index in [1.807, 2.05) is 11.8 Å². The first kappa shape index (κ1) is 14.3. The van der Waals surface area contributed by atoms with Gasteiger partial charge in [-0.05, 0) is 44.4 Å². The molecule has 3 heteroatoms. The van der Waals surface area contributed by atoms with Crippen LogP contribution in [-0.2, 0) is 0 Å². The molecule has 2 N–H and O–H groups in total. The maximum Gasteiger partial charge on any atom is 0.0155 e. The van der Waals surface area contributed by atoms with Gasteiger partial charge in [-0.3, -0.25) is 0 Å². The van der Waals surface area contributed by atoms with Crippen molar-refractivity contribution in [2.45, 2.75) is 45.7 Å². The summed E-state index contributed by atoms with van der Waals surface area (Å²) in [5, 5.41) is 0. The SMILES string of the molecule is CSCC(C)N(C)CC1CCC(C)(C)C1N. The van der Waals surface area contributed by atoms with Crippen LogP contribution in [0.3, 0.4) is 0 Å². The van der Waals surface area contributed by atoms with Gasteiger partial charge in [-0.1, -0.05) is 13.8 Å². The van der Waals surface area contributed by atoms with Gasteiger partial charge in [-0.25, -0.2) is 0 Å². The molecule has 0 amide bonds. The fourth-order valence-electron chi connectivity index (χ4n) is 2.66. The summed E-state index contributed by atoms with van der Waals surface area (Å²) in [6.45, 7) is 8.08. The molecule has 3 atom stereocenters. The van der Waals surface area contributed by atoms with Gasteiger partial charge < -0.3 is 10.6 Å². The van der Waals surface area contributed by atoms with Crippen molar-refractivity contribution in [1.82, 2.24) is 4.90 Å². The minimum Gasteiger partial charge on any atom is -0.327 e. The summed E-state index contributed by atoms with van der Waals surface area (Å²) < 4.78 is 0. The zero-order chi connectivity index (χ0) is 12.3. The molecule has 0 aromatic rings. The highest BCUT2D eigenvalue weighted by Crippen LogP contribution is 2.40. The van der Waals surface area contributed by atoms with Gasteiger partial charge in [0.05, 0.1) is 0 Å². The number of thioether (sulfide) groups is 1. The second-order valence-corrected chi connectivity index (χ2v) is 6.97. The molecule has 1 aliphatic carbocycles. The molecule has 0 aromatic heterocycles. The van der Waals surface area contributed by atoms with Crippen LogP contribution in [0.5, 0.6) is 0 Å². The lowest BCUT2D eigenvalue weighted by Gasteiger charge is -2.31. The van der Waals surface area contributed by atoms with Crippen molar-refractivity contribution in [3.63, 3.8) is 0 Å². The largest absolute Gasteiger partial charge is 0.327 e. The van der Waals surface area contributed by atoms with Gasteiger partial charge in [0.15, 0.2) is 0 Å². The third-order valence-electron chi connectivity index (χ3n) is 4.25.